The molecule has 2 aliphatic heterocycles. The Bertz CT molecular complexity index is 773. The molecule has 1 fully saturated rings. The lowest BCUT2D eigenvalue weighted by atomic mass is 10.1. The van der Waals surface area contributed by atoms with Crippen LogP contribution in [0.3, 0.4) is 0 Å². The van der Waals surface area contributed by atoms with E-state index in [1.807, 2.05) is 23.1 Å². The summed E-state index contributed by atoms with van der Waals surface area (Å²) in [6.07, 6.45) is 1.82. The molecule has 1 aromatic carbocycles. The maximum atomic E-state index is 12.8. The summed E-state index contributed by atoms with van der Waals surface area (Å²) >= 11 is 0. The van der Waals surface area contributed by atoms with Crippen LogP contribution in [0.15, 0.2) is 22.7 Å². The van der Waals surface area contributed by atoms with Gasteiger partial charge in [0.2, 0.25) is 5.89 Å². The van der Waals surface area contributed by atoms with E-state index in [1.54, 1.807) is 6.92 Å². The lowest BCUT2D eigenvalue weighted by Crippen LogP contribution is -2.35. The van der Waals surface area contributed by atoms with Gasteiger partial charge in [0.1, 0.15) is 5.75 Å². The quantitative estimate of drug-likeness (QED) is 0.845. The normalized spacial score (nSPS) is 17.9. The number of carbonyl (C=O) groups excluding carboxylic acids is 1. The molecule has 25 heavy (non-hydrogen) atoms. The highest BCUT2D eigenvalue weighted by Gasteiger charge is 2.23. The summed E-state index contributed by atoms with van der Waals surface area (Å²) < 4.78 is 10.5. The van der Waals surface area contributed by atoms with Crippen molar-refractivity contribution in [3.8, 4) is 5.75 Å². The van der Waals surface area contributed by atoms with Crippen molar-refractivity contribution in [2.75, 3.05) is 32.8 Å². The molecule has 0 unspecified atom stereocenters. The monoisotopic (exact) mass is 342 g/mol. The van der Waals surface area contributed by atoms with Crippen molar-refractivity contribution in [3.63, 3.8) is 0 Å². The molecule has 0 spiro atoms. The lowest BCUT2D eigenvalue weighted by Gasteiger charge is -2.21. The second-order valence-corrected chi connectivity index (χ2v) is 6.57. The second-order valence-electron chi connectivity index (χ2n) is 6.57. The number of aryl methyl sites for hydroxylation is 1. The predicted molar refractivity (Wildman–Crippen MR) is 90.5 cm³/mol. The van der Waals surface area contributed by atoms with Crippen LogP contribution < -0.4 is 4.74 Å². The summed E-state index contributed by atoms with van der Waals surface area (Å²) in [4.78, 5) is 21.3. The van der Waals surface area contributed by atoms with Gasteiger partial charge in [-0.25, -0.2) is 0 Å². The van der Waals surface area contributed by atoms with Crippen LogP contribution in [0.25, 0.3) is 0 Å². The molecule has 0 bridgehead atoms. The molecule has 0 atom stereocenters. The summed E-state index contributed by atoms with van der Waals surface area (Å²) in [7, 11) is 0. The van der Waals surface area contributed by atoms with Crippen molar-refractivity contribution in [2.24, 2.45) is 0 Å². The number of nitrogens with zero attached hydrogens (tertiary/aromatic N) is 4. The Kier molecular flexibility index (Phi) is 4.40. The molecule has 2 aromatic rings. The van der Waals surface area contributed by atoms with E-state index in [1.165, 1.54) is 0 Å². The van der Waals surface area contributed by atoms with Gasteiger partial charge < -0.3 is 14.2 Å². The standard InChI is InChI=1S/C18H22N4O3/c1-13-19-17(20-25-13)12-21-6-2-7-22(9-8-21)18(23)15-3-4-16-14(11-15)5-10-24-16/h3-4,11H,2,5-10,12H2,1H3. The third kappa shape index (κ3) is 3.51. The minimum Gasteiger partial charge on any atom is -0.493 e. The molecular weight excluding hydrogens is 320 g/mol. The van der Waals surface area contributed by atoms with Gasteiger partial charge in [0.25, 0.3) is 5.91 Å². The highest BCUT2D eigenvalue weighted by molar-refractivity contribution is 5.94. The first kappa shape index (κ1) is 16.1. The molecule has 0 aliphatic carbocycles. The van der Waals surface area contributed by atoms with E-state index in [4.69, 9.17) is 9.26 Å². The Hall–Kier alpha value is -2.41. The number of carbonyl (C=O) groups is 1. The molecule has 0 radical (unpaired) electrons. The maximum Gasteiger partial charge on any atom is 0.253 e. The number of amides is 1. The third-order valence-electron chi connectivity index (χ3n) is 4.75. The van der Waals surface area contributed by atoms with Crippen molar-refractivity contribution >= 4 is 5.91 Å². The number of ether oxygens (including phenoxy) is 1. The predicted octanol–water partition coefficient (Wildman–Crippen LogP) is 1.66. The minimum absolute atomic E-state index is 0.104. The van der Waals surface area contributed by atoms with Crippen LogP contribution in [0.5, 0.6) is 5.75 Å². The Morgan fingerprint density at radius 2 is 2.16 bits per heavy atom. The highest BCUT2D eigenvalue weighted by atomic mass is 16.5. The summed E-state index contributed by atoms with van der Waals surface area (Å²) in [5.41, 5.74) is 1.89. The first-order chi connectivity index (χ1) is 12.2. The Balaban J connectivity index is 1.39. The van der Waals surface area contributed by atoms with Crippen molar-refractivity contribution < 1.29 is 14.1 Å². The zero-order valence-electron chi connectivity index (χ0n) is 14.4. The maximum absolute atomic E-state index is 12.8. The van der Waals surface area contributed by atoms with Gasteiger partial charge in [-0.3, -0.25) is 9.69 Å². The topological polar surface area (TPSA) is 71.7 Å². The Morgan fingerprint density at radius 1 is 1.24 bits per heavy atom. The molecule has 2 aliphatic rings. The van der Waals surface area contributed by atoms with Crippen LogP contribution in [0, 0.1) is 6.92 Å². The SMILES string of the molecule is Cc1nc(CN2CCCN(C(=O)c3ccc4c(c3)CCO4)CC2)no1. The van der Waals surface area contributed by atoms with Crippen molar-refractivity contribution in [2.45, 2.75) is 26.3 Å². The molecule has 1 amide bonds. The number of benzene rings is 1. The molecule has 4 rings (SSSR count). The van der Waals surface area contributed by atoms with Crippen LogP contribution in [0.2, 0.25) is 0 Å². The van der Waals surface area contributed by atoms with E-state index in [-0.39, 0.29) is 5.91 Å². The lowest BCUT2D eigenvalue weighted by molar-refractivity contribution is 0.0761. The zero-order chi connectivity index (χ0) is 17.2. The van der Waals surface area contributed by atoms with Crippen molar-refractivity contribution in [1.82, 2.24) is 19.9 Å². The number of aromatic nitrogens is 2. The minimum atomic E-state index is 0.104. The summed E-state index contributed by atoms with van der Waals surface area (Å²) in [5.74, 6) is 2.30. The summed E-state index contributed by atoms with van der Waals surface area (Å²) in [5, 5.41) is 3.96. The molecule has 0 saturated carbocycles. The Morgan fingerprint density at radius 3 is 3.00 bits per heavy atom. The van der Waals surface area contributed by atoms with Crippen molar-refractivity contribution in [3.05, 3.63) is 41.0 Å². The fourth-order valence-electron chi connectivity index (χ4n) is 3.44. The largest absolute Gasteiger partial charge is 0.493 e. The van der Waals surface area contributed by atoms with Crippen LogP contribution in [-0.2, 0) is 13.0 Å². The van der Waals surface area contributed by atoms with Crippen LogP contribution >= 0.6 is 0 Å². The van der Waals surface area contributed by atoms with Crippen LogP contribution in [-0.4, -0.2) is 58.6 Å². The average molecular weight is 342 g/mol. The van der Waals surface area contributed by atoms with E-state index in [9.17, 15) is 4.79 Å². The highest BCUT2D eigenvalue weighted by Crippen LogP contribution is 2.26. The molecule has 1 aromatic heterocycles. The second kappa shape index (κ2) is 6.84. The van der Waals surface area contributed by atoms with Gasteiger partial charge in [0, 0.05) is 45.1 Å². The van der Waals surface area contributed by atoms with E-state index in [0.717, 1.165) is 49.4 Å². The van der Waals surface area contributed by atoms with E-state index in [2.05, 4.69) is 15.0 Å². The molecule has 132 valence electrons. The molecular formula is C18H22N4O3. The number of hydrogen-bond acceptors (Lipinski definition) is 6. The van der Waals surface area contributed by atoms with E-state index in [0.29, 0.717) is 31.4 Å². The number of fused-ring (bicyclic) bond motifs is 1. The molecule has 1 saturated heterocycles. The fraction of sp³-hybridized carbons (Fsp3) is 0.500. The zero-order valence-corrected chi connectivity index (χ0v) is 14.4. The van der Waals surface area contributed by atoms with E-state index < -0.39 is 0 Å². The number of hydrogen-bond donors (Lipinski definition) is 0. The van der Waals surface area contributed by atoms with Gasteiger partial charge in [0.05, 0.1) is 13.2 Å². The van der Waals surface area contributed by atoms with E-state index >= 15 is 0 Å². The average Bonchev–Trinajstić information content (AvgIpc) is 3.17. The van der Waals surface area contributed by atoms with Gasteiger partial charge in [-0.15, -0.1) is 0 Å². The number of rotatable bonds is 3. The van der Waals surface area contributed by atoms with Gasteiger partial charge in [-0.05, 0) is 30.2 Å². The summed E-state index contributed by atoms with van der Waals surface area (Å²) in [6.45, 7) is 6.39. The molecule has 3 heterocycles. The Labute approximate surface area is 146 Å². The van der Waals surface area contributed by atoms with Gasteiger partial charge in [-0.1, -0.05) is 5.16 Å². The molecule has 7 heteroatoms. The van der Waals surface area contributed by atoms with Crippen molar-refractivity contribution in [1.29, 1.82) is 0 Å². The van der Waals surface area contributed by atoms with Gasteiger partial charge in [-0.2, -0.15) is 4.98 Å². The first-order valence-electron chi connectivity index (χ1n) is 8.75. The summed E-state index contributed by atoms with van der Waals surface area (Å²) in [6, 6.07) is 5.77. The van der Waals surface area contributed by atoms with Gasteiger partial charge in [0.15, 0.2) is 5.82 Å². The third-order valence-corrected chi connectivity index (χ3v) is 4.75. The van der Waals surface area contributed by atoms with Gasteiger partial charge >= 0.3 is 0 Å². The molecule has 0 N–H and O–H groups in total. The van der Waals surface area contributed by atoms with Crippen LogP contribution in [0.4, 0.5) is 0 Å². The van der Waals surface area contributed by atoms with Crippen LogP contribution in [0.1, 0.15) is 34.1 Å². The fourth-order valence-corrected chi connectivity index (χ4v) is 3.44. The molecule has 7 nitrogen and oxygen atoms in total. The smallest absolute Gasteiger partial charge is 0.253 e. The first-order valence-corrected chi connectivity index (χ1v) is 8.75.